The van der Waals surface area contributed by atoms with Crippen molar-refractivity contribution in [2.75, 3.05) is 19.0 Å². The van der Waals surface area contributed by atoms with Crippen molar-refractivity contribution >= 4 is 5.82 Å². The second-order valence-electron chi connectivity index (χ2n) is 3.78. The molecule has 0 saturated carbocycles. The minimum atomic E-state index is -0.0343. The summed E-state index contributed by atoms with van der Waals surface area (Å²) < 4.78 is 0. The molecule has 0 aliphatic carbocycles. The maximum atomic E-state index is 5.90. The van der Waals surface area contributed by atoms with Crippen LogP contribution in [0.25, 0.3) is 0 Å². The number of rotatable bonds is 2. The Morgan fingerprint density at radius 1 is 1.21 bits per heavy atom. The van der Waals surface area contributed by atoms with E-state index in [0.717, 1.165) is 22.9 Å². The molecule has 0 aliphatic rings. The first-order valence-corrected chi connectivity index (χ1v) is 4.71. The summed E-state index contributed by atoms with van der Waals surface area (Å²) in [4.78, 5) is 10.7. The highest BCUT2D eigenvalue weighted by molar-refractivity contribution is 5.49. The summed E-state index contributed by atoms with van der Waals surface area (Å²) in [6.45, 7) is 5.82. The van der Waals surface area contributed by atoms with Gasteiger partial charge in [-0.3, -0.25) is 0 Å². The zero-order valence-corrected chi connectivity index (χ0v) is 9.50. The van der Waals surface area contributed by atoms with E-state index in [-0.39, 0.29) is 6.04 Å². The predicted molar refractivity (Wildman–Crippen MR) is 58.4 cm³/mol. The summed E-state index contributed by atoms with van der Waals surface area (Å²) in [5.74, 6) is 1.71. The highest BCUT2D eigenvalue weighted by atomic mass is 15.2. The van der Waals surface area contributed by atoms with Crippen molar-refractivity contribution < 1.29 is 0 Å². The Kier molecular flexibility index (Phi) is 3.06. The largest absolute Gasteiger partial charge is 0.362 e. The number of aryl methyl sites for hydroxylation is 2. The van der Waals surface area contributed by atoms with Gasteiger partial charge in [-0.15, -0.1) is 0 Å². The van der Waals surface area contributed by atoms with Gasteiger partial charge in [-0.25, -0.2) is 9.97 Å². The van der Waals surface area contributed by atoms with E-state index in [4.69, 9.17) is 5.73 Å². The molecule has 0 aliphatic heterocycles. The van der Waals surface area contributed by atoms with Gasteiger partial charge in [0.2, 0.25) is 0 Å². The van der Waals surface area contributed by atoms with Crippen molar-refractivity contribution in [3.05, 3.63) is 17.1 Å². The first-order valence-electron chi connectivity index (χ1n) is 4.71. The van der Waals surface area contributed by atoms with Crippen LogP contribution >= 0.6 is 0 Å². The Labute approximate surface area is 85.2 Å². The third-order valence-electron chi connectivity index (χ3n) is 2.11. The smallest absolute Gasteiger partial charge is 0.136 e. The second kappa shape index (κ2) is 3.92. The van der Waals surface area contributed by atoms with E-state index >= 15 is 0 Å². The third kappa shape index (κ3) is 2.01. The molecule has 14 heavy (non-hydrogen) atoms. The van der Waals surface area contributed by atoms with Crippen LogP contribution < -0.4 is 10.6 Å². The normalized spacial score (nSPS) is 12.7. The van der Waals surface area contributed by atoms with Gasteiger partial charge in [0.1, 0.15) is 11.6 Å². The molecule has 1 aromatic rings. The summed E-state index contributed by atoms with van der Waals surface area (Å²) in [5, 5.41) is 0. The fraction of sp³-hybridized carbons (Fsp3) is 0.600. The Hall–Kier alpha value is -1.16. The van der Waals surface area contributed by atoms with Crippen molar-refractivity contribution in [3.63, 3.8) is 0 Å². The molecule has 78 valence electrons. The number of hydrogen-bond donors (Lipinski definition) is 1. The van der Waals surface area contributed by atoms with E-state index in [1.54, 1.807) is 0 Å². The van der Waals surface area contributed by atoms with Crippen LogP contribution in [0.3, 0.4) is 0 Å². The fourth-order valence-electron chi connectivity index (χ4n) is 1.58. The highest BCUT2D eigenvalue weighted by Crippen LogP contribution is 2.23. The molecule has 0 bridgehead atoms. The molecular formula is C10H18N4. The number of aromatic nitrogens is 2. The van der Waals surface area contributed by atoms with Crippen molar-refractivity contribution in [1.82, 2.24) is 9.97 Å². The van der Waals surface area contributed by atoms with Crippen molar-refractivity contribution in [1.29, 1.82) is 0 Å². The summed E-state index contributed by atoms with van der Waals surface area (Å²) in [5.41, 5.74) is 7.89. The van der Waals surface area contributed by atoms with Crippen LogP contribution in [0.1, 0.15) is 30.0 Å². The van der Waals surface area contributed by atoms with Crippen LogP contribution in [0, 0.1) is 13.8 Å². The molecule has 0 aromatic carbocycles. The molecule has 1 atom stereocenters. The Bertz CT molecular complexity index is 331. The monoisotopic (exact) mass is 194 g/mol. The van der Waals surface area contributed by atoms with E-state index in [1.165, 1.54) is 0 Å². The predicted octanol–water partition coefficient (Wildman–Crippen LogP) is 1.18. The summed E-state index contributed by atoms with van der Waals surface area (Å²) in [6.07, 6.45) is 0. The van der Waals surface area contributed by atoms with Crippen molar-refractivity contribution in [2.45, 2.75) is 26.8 Å². The zero-order chi connectivity index (χ0) is 10.9. The lowest BCUT2D eigenvalue weighted by Gasteiger charge is -2.20. The van der Waals surface area contributed by atoms with Crippen LogP contribution in [0.15, 0.2) is 0 Å². The molecule has 1 aromatic heterocycles. The molecule has 0 radical (unpaired) electrons. The van der Waals surface area contributed by atoms with Gasteiger partial charge in [0, 0.05) is 31.4 Å². The number of anilines is 1. The number of hydrogen-bond acceptors (Lipinski definition) is 4. The van der Waals surface area contributed by atoms with Gasteiger partial charge in [-0.1, -0.05) is 0 Å². The molecule has 0 spiro atoms. The molecule has 0 amide bonds. The van der Waals surface area contributed by atoms with Gasteiger partial charge in [0.15, 0.2) is 0 Å². The van der Waals surface area contributed by atoms with Gasteiger partial charge < -0.3 is 10.6 Å². The van der Waals surface area contributed by atoms with E-state index in [2.05, 4.69) is 9.97 Å². The minimum Gasteiger partial charge on any atom is -0.362 e. The van der Waals surface area contributed by atoms with Crippen LogP contribution in [0.4, 0.5) is 5.82 Å². The molecule has 0 saturated heterocycles. The molecular weight excluding hydrogens is 176 g/mol. The van der Waals surface area contributed by atoms with Crippen LogP contribution in [-0.4, -0.2) is 24.1 Å². The molecule has 4 nitrogen and oxygen atoms in total. The molecule has 1 heterocycles. The van der Waals surface area contributed by atoms with E-state index in [0.29, 0.717) is 0 Å². The SMILES string of the molecule is Cc1nc(C)c(C(C)N)c(N(C)C)n1. The number of nitrogens with zero attached hydrogens (tertiary/aromatic N) is 3. The molecule has 0 fully saturated rings. The van der Waals surface area contributed by atoms with Crippen molar-refractivity contribution in [2.24, 2.45) is 5.73 Å². The van der Waals surface area contributed by atoms with Crippen molar-refractivity contribution in [3.8, 4) is 0 Å². The lowest BCUT2D eigenvalue weighted by Crippen LogP contribution is -2.20. The summed E-state index contributed by atoms with van der Waals surface area (Å²) in [7, 11) is 3.93. The Morgan fingerprint density at radius 3 is 2.21 bits per heavy atom. The average Bonchev–Trinajstić information content (AvgIpc) is 2.01. The van der Waals surface area contributed by atoms with Gasteiger partial charge in [-0.2, -0.15) is 0 Å². The minimum absolute atomic E-state index is 0.0343. The van der Waals surface area contributed by atoms with Gasteiger partial charge >= 0.3 is 0 Å². The third-order valence-corrected chi connectivity index (χ3v) is 2.11. The lowest BCUT2D eigenvalue weighted by atomic mass is 10.1. The topological polar surface area (TPSA) is 55.0 Å². The lowest BCUT2D eigenvalue weighted by molar-refractivity contribution is 0.774. The molecule has 1 unspecified atom stereocenters. The Morgan fingerprint density at radius 2 is 1.79 bits per heavy atom. The van der Waals surface area contributed by atoms with E-state index in [1.807, 2.05) is 39.8 Å². The second-order valence-corrected chi connectivity index (χ2v) is 3.78. The van der Waals surface area contributed by atoms with Gasteiger partial charge in [0.05, 0.1) is 0 Å². The van der Waals surface area contributed by atoms with E-state index in [9.17, 15) is 0 Å². The fourth-order valence-corrected chi connectivity index (χ4v) is 1.58. The molecule has 2 N–H and O–H groups in total. The molecule has 1 rings (SSSR count). The standard InChI is InChI=1S/C10H18N4/c1-6(11)9-7(2)12-8(3)13-10(9)14(4)5/h6H,11H2,1-5H3. The quantitative estimate of drug-likeness (QED) is 0.768. The summed E-state index contributed by atoms with van der Waals surface area (Å²) in [6, 6.07) is -0.0343. The van der Waals surface area contributed by atoms with Crippen LogP contribution in [-0.2, 0) is 0 Å². The zero-order valence-electron chi connectivity index (χ0n) is 9.50. The van der Waals surface area contributed by atoms with Gasteiger partial charge in [0.25, 0.3) is 0 Å². The first kappa shape index (κ1) is 10.9. The van der Waals surface area contributed by atoms with E-state index < -0.39 is 0 Å². The molecule has 4 heteroatoms. The van der Waals surface area contributed by atoms with Crippen LogP contribution in [0.5, 0.6) is 0 Å². The first-order chi connectivity index (χ1) is 6.43. The maximum Gasteiger partial charge on any atom is 0.136 e. The Balaban J connectivity index is 3.37. The highest BCUT2D eigenvalue weighted by Gasteiger charge is 2.14. The van der Waals surface area contributed by atoms with Crippen LogP contribution in [0.2, 0.25) is 0 Å². The average molecular weight is 194 g/mol. The summed E-state index contributed by atoms with van der Waals surface area (Å²) >= 11 is 0. The maximum absolute atomic E-state index is 5.90. The van der Waals surface area contributed by atoms with Gasteiger partial charge in [-0.05, 0) is 20.8 Å². The number of nitrogens with two attached hydrogens (primary N) is 1.